The van der Waals surface area contributed by atoms with Gasteiger partial charge in [0.1, 0.15) is 11.8 Å². The molecule has 0 radical (unpaired) electrons. The molecule has 0 aliphatic rings. The third-order valence-corrected chi connectivity index (χ3v) is 4.35. The summed E-state index contributed by atoms with van der Waals surface area (Å²) in [5.41, 5.74) is 5.14. The lowest BCUT2D eigenvalue weighted by molar-refractivity contribution is -0.130. The van der Waals surface area contributed by atoms with E-state index < -0.39 is 23.8 Å². The maximum absolute atomic E-state index is 12.4. The van der Waals surface area contributed by atoms with Crippen molar-refractivity contribution in [3.63, 3.8) is 0 Å². The predicted octanol–water partition coefficient (Wildman–Crippen LogP) is 1.76. The van der Waals surface area contributed by atoms with Crippen molar-refractivity contribution in [2.24, 2.45) is 0 Å². The second-order valence-corrected chi connectivity index (χ2v) is 6.80. The summed E-state index contributed by atoms with van der Waals surface area (Å²) >= 11 is 1.56. The number of amides is 3. The maximum Gasteiger partial charge on any atom is 0.269 e. The van der Waals surface area contributed by atoms with Crippen molar-refractivity contribution in [1.29, 1.82) is 0 Å². The molecule has 0 saturated carbocycles. The number of nitrogens with one attached hydrogen (secondary N) is 3. The Kier molecular flexibility index (Phi) is 8.87. The van der Waals surface area contributed by atoms with Gasteiger partial charge in [-0.1, -0.05) is 36.4 Å². The molecule has 7 nitrogen and oxygen atoms in total. The van der Waals surface area contributed by atoms with Crippen LogP contribution in [-0.4, -0.2) is 42.4 Å². The monoisotopic (exact) mass is 401 g/mol. The van der Waals surface area contributed by atoms with E-state index in [0.717, 1.165) is 0 Å². The highest BCUT2D eigenvalue weighted by atomic mass is 32.2. The molecule has 2 aromatic rings. The Morgan fingerprint density at radius 2 is 1.61 bits per heavy atom. The van der Waals surface area contributed by atoms with Crippen molar-refractivity contribution in [2.45, 2.75) is 12.5 Å². The molecule has 1 atom stereocenters. The van der Waals surface area contributed by atoms with Crippen LogP contribution in [0, 0.1) is 0 Å². The fourth-order valence-corrected chi connectivity index (χ4v) is 2.74. The van der Waals surface area contributed by atoms with Gasteiger partial charge in [0.2, 0.25) is 0 Å². The lowest BCUT2D eigenvalue weighted by Crippen LogP contribution is -2.53. The lowest BCUT2D eigenvalue weighted by Gasteiger charge is -2.18. The van der Waals surface area contributed by atoms with E-state index in [1.165, 1.54) is 0 Å². The molecule has 8 heteroatoms. The Labute approximate surface area is 168 Å². The molecule has 0 bridgehead atoms. The van der Waals surface area contributed by atoms with Gasteiger partial charge in [0.05, 0.1) is 0 Å². The highest BCUT2D eigenvalue weighted by Crippen LogP contribution is 2.08. The average Bonchev–Trinajstić information content (AvgIpc) is 2.74. The first-order valence-electron chi connectivity index (χ1n) is 8.71. The molecule has 0 aromatic heterocycles. The predicted molar refractivity (Wildman–Crippen MR) is 109 cm³/mol. The standard InChI is InChI=1S/C20H23N3O4S/c1-28-13-12-17(21-18(24)14-27-16-10-6-3-7-11-16)20(26)23-22-19(25)15-8-4-2-5-9-15/h2-11,17H,12-14H2,1H3,(H,21,24)(H,22,25)(H,23,26)/t17-/m0/s1. The molecule has 0 spiro atoms. The van der Waals surface area contributed by atoms with Crippen LogP contribution < -0.4 is 20.9 Å². The van der Waals surface area contributed by atoms with Crippen LogP contribution in [0.15, 0.2) is 60.7 Å². The van der Waals surface area contributed by atoms with Gasteiger partial charge < -0.3 is 10.1 Å². The number of carbonyl (C=O) groups is 3. The summed E-state index contributed by atoms with van der Waals surface area (Å²) in [7, 11) is 0. The molecular formula is C20H23N3O4S. The summed E-state index contributed by atoms with van der Waals surface area (Å²) in [6.07, 6.45) is 2.33. The van der Waals surface area contributed by atoms with Crippen molar-refractivity contribution >= 4 is 29.5 Å². The zero-order chi connectivity index (χ0) is 20.2. The third kappa shape index (κ3) is 7.32. The van der Waals surface area contributed by atoms with E-state index in [4.69, 9.17) is 4.74 Å². The Balaban J connectivity index is 1.85. The number of hydrogen-bond donors (Lipinski definition) is 3. The van der Waals surface area contributed by atoms with Crippen molar-refractivity contribution in [1.82, 2.24) is 16.2 Å². The van der Waals surface area contributed by atoms with Crippen LogP contribution in [0.3, 0.4) is 0 Å². The SMILES string of the molecule is CSCC[C@H](NC(=O)COc1ccccc1)C(=O)NNC(=O)c1ccccc1. The Morgan fingerprint density at radius 3 is 2.25 bits per heavy atom. The topological polar surface area (TPSA) is 96.5 Å². The molecule has 0 aliphatic heterocycles. The van der Waals surface area contributed by atoms with Crippen molar-refractivity contribution in [3.05, 3.63) is 66.2 Å². The maximum atomic E-state index is 12.4. The zero-order valence-electron chi connectivity index (χ0n) is 15.5. The van der Waals surface area contributed by atoms with E-state index in [0.29, 0.717) is 23.5 Å². The first kappa shape index (κ1) is 21.3. The van der Waals surface area contributed by atoms with Crippen LogP contribution in [0.4, 0.5) is 0 Å². The number of benzene rings is 2. The van der Waals surface area contributed by atoms with Crippen LogP contribution in [0.5, 0.6) is 5.75 Å². The van der Waals surface area contributed by atoms with Crippen molar-refractivity contribution in [3.8, 4) is 5.75 Å². The van der Waals surface area contributed by atoms with Gasteiger partial charge in [0.15, 0.2) is 6.61 Å². The Morgan fingerprint density at radius 1 is 0.964 bits per heavy atom. The van der Waals surface area contributed by atoms with Gasteiger partial charge in [-0.05, 0) is 42.7 Å². The minimum atomic E-state index is -0.782. The number of para-hydroxylation sites is 1. The van der Waals surface area contributed by atoms with E-state index in [1.54, 1.807) is 66.4 Å². The normalized spacial score (nSPS) is 11.2. The second kappa shape index (κ2) is 11.7. The molecule has 0 saturated heterocycles. The summed E-state index contributed by atoms with van der Waals surface area (Å²) < 4.78 is 5.39. The minimum Gasteiger partial charge on any atom is -0.484 e. The van der Waals surface area contributed by atoms with Gasteiger partial charge in [-0.3, -0.25) is 25.2 Å². The summed E-state index contributed by atoms with van der Waals surface area (Å²) in [6, 6.07) is 16.7. The van der Waals surface area contributed by atoms with Crippen molar-refractivity contribution in [2.75, 3.05) is 18.6 Å². The molecule has 0 fully saturated rings. The van der Waals surface area contributed by atoms with Crippen LogP contribution in [-0.2, 0) is 9.59 Å². The number of rotatable bonds is 9. The second-order valence-electron chi connectivity index (χ2n) is 5.81. The van der Waals surface area contributed by atoms with Gasteiger partial charge in [-0.15, -0.1) is 0 Å². The van der Waals surface area contributed by atoms with Crippen LogP contribution in [0.25, 0.3) is 0 Å². The molecule has 0 heterocycles. The largest absolute Gasteiger partial charge is 0.484 e. The van der Waals surface area contributed by atoms with Crippen molar-refractivity contribution < 1.29 is 19.1 Å². The fraction of sp³-hybridized carbons (Fsp3) is 0.250. The average molecular weight is 401 g/mol. The molecule has 3 N–H and O–H groups in total. The number of thioether (sulfide) groups is 1. The first-order chi connectivity index (χ1) is 13.6. The summed E-state index contributed by atoms with van der Waals surface area (Å²) in [4.78, 5) is 36.6. The molecule has 148 valence electrons. The summed E-state index contributed by atoms with van der Waals surface area (Å²) in [5, 5.41) is 2.64. The van der Waals surface area contributed by atoms with E-state index >= 15 is 0 Å². The Bertz CT molecular complexity index is 772. The molecule has 0 unspecified atom stereocenters. The Hall–Kier alpha value is -3.00. The van der Waals surface area contributed by atoms with E-state index in [1.807, 2.05) is 12.3 Å². The first-order valence-corrected chi connectivity index (χ1v) is 10.1. The summed E-state index contributed by atoms with van der Waals surface area (Å²) in [5.74, 6) is -0.107. The molecule has 3 amide bonds. The number of hydrazine groups is 1. The quantitative estimate of drug-likeness (QED) is 0.557. The van der Waals surface area contributed by atoms with E-state index in [2.05, 4.69) is 16.2 Å². The highest BCUT2D eigenvalue weighted by Gasteiger charge is 2.21. The zero-order valence-corrected chi connectivity index (χ0v) is 16.3. The van der Waals surface area contributed by atoms with Gasteiger partial charge in [0.25, 0.3) is 17.7 Å². The van der Waals surface area contributed by atoms with Crippen LogP contribution >= 0.6 is 11.8 Å². The number of ether oxygens (including phenoxy) is 1. The lowest BCUT2D eigenvalue weighted by atomic mass is 10.2. The van der Waals surface area contributed by atoms with Gasteiger partial charge >= 0.3 is 0 Å². The van der Waals surface area contributed by atoms with Crippen LogP contribution in [0.2, 0.25) is 0 Å². The van der Waals surface area contributed by atoms with Gasteiger partial charge in [-0.25, -0.2) is 0 Å². The molecular weight excluding hydrogens is 378 g/mol. The van der Waals surface area contributed by atoms with Gasteiger partial charge in [0, 0.05) is 5.56 Å². The minimum absolute atomic E-state index is 0.205. The summed E-state index contributed by atoms with van der Waals surface area (Å²) in [6.45, 7) is -0.205. The number of carbonyl (C=O) groups excluding carboxylic acids is 3. The molecule has 28 heavy (non-hydrogen) atoms. The number of hydrogen-bond acceptors (Lipinski definition) is 5. The highest BCUT2D eigenvalue weighted by molar-refractivity contribution is 7.98. The fourth-order valence-electron chi connectivity index (χ4n) is 2.27. The molecule has 0 aliphatic carbocycles. The van der Waals surface area contributed by atoms with Gasteiger partial charge in [-0.2, -0.15) is 11.8 Å². The smallest absolute Gasteiger partial charge is 0.269 e. The van der Waals surface area contributed by atoms with Crippen LogP contribution in [0.1, 0.15) is 16.8 Å². The molecule has 2 rings (SSSR count). The van der Waals surface area contributed by atoms with E-state index in [9.17, 15) is 14.4 Å². The van der Waals surface area contributed by atoms with E-state index in [-0.39, 0.29) is 6.61 Å². The third-order valence-electron chi connectivity index (χ3n) is 3.71. The molecule has 2 aromatic carbocycles.